The van der Waals surface area contributed by atoms with Crippen molar-refractivity contribution in [2.45, 2.75) is 70.4 Å². The van der Waals surface area contributed by atoms with Crippen molar-refractivity contribution in [3.8, 4) is 0 Å². The fourth-order valence-corrected chi connectivity index (χ4v) is 5.22. The summed E-state index contributed by atoms with van der Waals surface area (Å²) in [5.41, 5.74) is 2.43. The van der Waals surface area contributed by atoms with E-state index >= 15 is 0 Å². The van der Waals surface area contributed by atoms with Crippen molar-refractivity contribution >= 4 is 46.8 Å². The Morgan fingerprint density at radius 2 is 2.10 bits per heavy atom. The van der Waals surface area contributed by atoms with Gasteiger partial charge in [0.25, 0.3) is 0 Å². The first-order chi connectivity index (χ1) is 14.7. The molecule has 2 atom stereocenters. The fraction of sp³-hybridized carbons (Fsp3) is 0.619. The van der Waals surface area contributed by atoms with Gasteiger partial charge in [-0.15, -0.1) is 0 Å². The smallest absolute Gasteiger partial charge is 0.407 e. The molecular weight excluding hydrogens is 480 g/mol. The van der Waals surface area contributed by atoms with Gasteiger partial charge in [0.2, 0.25) is 0 Å². The first-order valence-corrected chi connectivity index (χ1v) is 15.2. The molecule has 3 N–H and O–H groups in total. The number of methoxy groups -OCH3 is 1. The number of carbonyl (C=O) groups is 1. The Balaban J connectivity index is 1.76. The predicted molar refractivity (Wildman–Crippen MR) is 128 cm³/mol. The number of carbonyl (C=O) groups excluding carboxylic acids is 1. The van der Waals surface area contributed by atoms with E-state index in [1.54, 1.807) is 6.20 Å². The highest BCUT2D eigenvalue weighted by Crippen LogP contribution is 2.36. The van der Waals surface area contributed by atoms with Gasteiger partial charge in [0.05, 0.1) is 24.8 Å². The molecule has 0 bridgehead atoms. The normalized spacial score (nSPS) is 19.0. The van der Waals surface area contributed by atoms with Gasteiger partial charge < -0.3 is 29.8 Å². The molecule has 0 spiro atoms. The van der Waals surface area contributed by atoms with E-state index in [1.165, 1.54) is 7.11 Å². The van der Waals surface area contributed by atoms with Gasteiger partial charge in [-0.05, 0) is 41.2 Å². The van der Waals surface area contributed by atoms with Crippen molar-refractivity contribution in [2.24, 2.45) is 0 Å². The third-order valence-corrected chi connectivity index (χ3v) is 7.91. The van der Waals surface area contributed by atoms with Crippen molar-refractivity contribution in [2.75, 3.05) is 19.0 Å². The van der Waals surface area contributed by atoms with Crippen LogP contribution in [0.25, 0.3) is 11.0 Å². The van der Waals surface area contributed by atoms with Crippen LogP contribution in [0.1, 0.15) is 24.8 Å². The fourth-order valence-electron chi connectivity index (χ4n) is 3.84. The maximum Gasteiger partial charge on any atom is 0.407 e. The third kappa shape index (κ3) is 6.21. The number of nitrogens with one attached hydrogen (secondary N) is 2. The number of amides is 1. The van der Waals surface area contributed by atoms with E-state index in [0.29, 0.717) is 6.73 Å². The van der Waals surface area contributed by atoms with Gasteiger partial charge in [-0.1, -0.05) is 19.6 Å². The first kappa shape index (κ1) is 24.0. The summed E-state index contributed by atoms with van der Waals surface area (Å²) >= 11 is 3.67. The van der Waals surface area contributed by atoms with Gasteiger partial charge in [0.15, 0.2) is 0 Å². The van der Waals surface area contributed by atoms with Crippen LogP contribution in [0, 0.1) is 0 Å². The average Bonchev–Trinajstić information content (AvgIpc) is 3.28. The van der Waals surface area contributed by atoms with Crippen molar-refractivity contribution in [3.05, 3.63) is 22.4 Å². The Morgan fingerprint density at radius 3 is 2.77 bits per heavy atom. The van der Waals surface area contributed by atoms with E-state index in [0.717, 1.165) is 58.7 Å². The van der Waals surface area contributed by atoms with Crippen molar-refractivity contribution in [3.63, 3.8) is 0 Å². The third-order valence-electron chi connectivity index (χ3n) is 5.60. The number of aliphatic hydroxyl groups excluding tert-OH is 1. The molecule has 2 aromatic rings. The molecule has 1 saturated carbocycles. The van der Waals surface area contributed by atoms with E-state index in [9.17, 15) is 9.90 Å². The topological polar surface area (TPSA) is 97.6 Å². The molecule has 2 heterocycles. The SMILES string of the molecule is COC(=O)N[C@@H]1CC[C@@H](Nc2c(CO)cnc3c2c(Br)cn3COCC[Si](C)(C)C)C1. The number of hydrogen-bond acceptors (Lipinski definition) is 6. The summed E-state index contributed by atoms with van der Waals surface area (Å²) in [4.78, 5) is 16.1. The molecule has 0 aliphatic heterocycles. The number of hydrogen-bond donors (Lipinski definition) is 3. The summed E-state index contributed by atoms with van der Waals surface area (Å²) in [6.07, 6.45) is 5.89. The average molecular weight is 514 g/mol. The second-order valence-corrected chi connectivity index (χ2v) is 15.8. The van der Waals surface area contributed by atoms with Crippen LogP contribution >= 0.6 is 15.9 Å². The number of pyridine rings is 1. The van der Waals surface area contributed by atoms with Crippen LogP contribution < -0.4 is 10.6 Å². The molecule has 0 radical (unpaired) electrons. The van der Waals surface area contributed by atoms with Crippen LogP contribution in [-0.2, 0) is 22.8 Å². The van der Waals surface area contributed by atoms with Gasteiger partial charge in [-0.3, -0.25) is 0 Å². The monoisotopic (exact) mass is 512 g/mol. The number of nitrogens with zero attached hydrogens (tertiary/aromatic N) is 2. The van der Waals surface area contributed by atoms with Crippen molar-refractivity contribution < 1.29 is 19.4 Å². The molecule has 8 nitrogen and oxygen atoms in total. The molecule has 1 aliphatic carbocycles. The lowest BCUT2D eigenvalue weighted by atomic mass is 10.1. The van der Waals surface area contributed by atoms with Crippen LogP contribution in [0.4, 0.5) is 10.5 Å². The van der Waals surface area contributed by atoms with Crippen molar-refractivity contribution in [1.82, 2.24) is 14.9 Å². The first-order valence-electron chi connectivity index (χ1n) is 10.7. The predicted octanol–water partition coefficient (Wildman–Crippen LogP) is 4.29. The maximum atomic E-state index is 11.5. The Labute approximate surface area is 192 Å². The van der Waals surface area contributed by atoms with E-state index in [-0.39, 0.29) is 18.7 Å². The number of aromatic nitrogens is 2. The van der Waals surface area contributed by atoms with E-state index in [2.05, 4.69) is 51.2 Å². The quantitative estimate of drug-likeness (QED) is 0.342. The summed E-state index contributed by atoms with van der Waals surface area (Å²) in [7, 11) is 0.237. The summed E-state index contributed by atoms with van der Waals surface area (Å²) < 4.78 is 13.5. The Bertz CT molecular complexity index is 915. The van der Waals surface area contributed by atoms with Gasteiger partial charge in [0.1, 0.15) is 12.4 Å². The minimum absolute atomic E-state index is 0.0765. The van der Waals surface area contributed by atoms with E-state index in [1.807, 2.05) is 10.8 Å². The molecule has 1 amide bonds. The molecule has 10 heteroatoms. The molecule has 1 fully saturated rings. The van der Waals surface area contributed by atoms with Gasteiger partial charge >= 0.3 is 6.09 Å². The molecule has 0 aromatic carbocycles. The number of aliphatic hydroxyl groups is 1. The summed E-state index contributed by atoms with van der Waals surface area (Å²) in [5.74, 6) is 0. The van der Waals surface area contributed by atoms with Gasteiger partial charge in [-0.25, -0.2) is 9.78 Å². The molecule has 2 aromatic heterocycles. The molecule has 1 aliphatic rings. The number of ether oxygens (including phenoxy) is 2. The summed E-state index contributed by atoms with van der Waals surface area (Å²) in [5, 5.41) is 17.3. The zero-order valence-corrected chi connectivity index (χ0v) is 21.3. The van der Waals surface area contributed by atoms with Crippen LogP contribution in [0.3, 0.4) is 0 Å². The number of rotatable bonds is 9. The highest BCUT2D eigenvalue weighted by atomic mass is 79.9. The number of anilines is 1. The molecule has 0 saturated heterocycles. The zero-order valence-electron chi connectivity index (χ0n) is 18.7. The lowest BCUT2D eigenvalue weighted by Crippen LogP contribution is -2.33. The largest absolute Gasteiger partial charge is 0.453 e. The molecule has 3 rings (SSSR count). The molecule has 31 heavy (non-hydrogen) atoms. The number of halogens is 1. The molecular formula is C21H33BrN4O4Si. The van der Waals surface area contributed by atoms with Crippen LogP contribution in [-0.4, -0.2) is 54.6 Å². The Kier molecular flexibility index (Phi) is 8.01. The van der Waals surface area contributed by atoms with Gasteiger partial charge in [0, 0.05) is 49.2 Å². The zero-order chi connectivity index (χ0) is 22.6. The second kappa shape index (κ2) is 10.3. The lowest BCUT2D eigenvalue weighted by molar-refractivity contribution is 0.0898. The minimum atomic E-state index is -1.14. The second-order valence-electron chi connectivity index (χ2n) is 9.30. The minimum Gasteiger partial charge on any atom is -0.453 e. The number of alkyl carbamates (subject to hydrolysis) is 1. The maximum absolute atomic E-state index is 11.5. The lowest BCUT2D eigenvalue weighted by Gasteiger charge is -2.19. The highest BCUT2D eigenvalue weighted by Gasteiger charge is 2.28. The molecule has 172 valence electrons. The van der Waals surface area contributed by atoms with E-state index in [4.69, 9.17) is 9.47 Å². The Hall–Kier alpha value is -1.62. The van der Waals surface area contributed by atoms with Crippen LogP contribution in [0.2, 0.25) is 25.7 Å². The van der Waals surface area contributed by atoms with Crippen LogP contribution in [0.5, 0.6) is 0 Å². The highest BCUT2D eigenvalue weighted by molar-refractivity contribution is 9.10. The van der Waals surface area contributed by atoms with E-state index < -0.39 is 14.2 Å². The molecule has 0 unspecified atom stereocenters. The van der Waals surface area contributed by atoms with Gasteiger partial charge in [-0.2, -0.15) is 0 Å². The van der Waals surface area contributed by atoms with Crippen LogP contribution in [0.15, 0.2) is 16.9 Å². The number of fused-ring (bicyclic) bond motifs is 1. The summed E-state index contributed by atoms with van der Waals surface area (Å²) in [6, 6.07) is 1.37. The summed E-state index contributed by atoms with van der Waals surface area (Å²) in [6.45, 7) is 8.08. The standard InChI is InChI=1S/C21H33BrN4O4Si/c1-29-21(28)25-16-6-5-15(9-16)24-19-14(12-27)10-23-20-18(19)17(22)11-26(20)13-30-7-8-31(2,3)4/h10-11,15-16,27H,5-9,12-13H2,1-4H3,(H,23,24)(H,25,28)/t15-,16-/m1/s1. The van der Waals surface area contributed by atoms with Crippen molar-refractivity contribution in [1.29, 1.82) is 0 Å². The Morgan fingerprint density at radius 1 is 1.35 bits per heavy atom.